The molecule has 25 heavy (non-hydrogen) atoms. The van der Waals surface area contributed by atoms with E-state index < -0.39 is 10.0 Å². The zero-order chi connectivity index (χ0) is 18.6. The highest BCUT2D eigenvalue weighted by Gasteiger charge is 2.26. The van der Waals surface area contributed by atoms with Crippen LogP contribution in [0.5, 0.6) is 0 Å². The fourth-order valence-electron chi connectivity index (χ4n) is 3.09. The van der Waals surface area contributed by atoms with Gasteiger partial charge in [0.2, 0.25) is 15.9 Å². The standard InChI is InChI=1S/C18H29N3O3S/c1-5-21(9-6-18(22)20-10-7-19-8-11-20)25(23,24)17-13-15(3)14(2)12-16(17)4/h12-13,19H,5-11H2,1-4H3. The highest BCUT2D eigenvalue weighted by molar-refractivity contribution is 7.89. The van der Waals surface area contributed by atoms with Crippen LogP contribution in [0.4, 0.5) is 0 Å². The molecular formula is C18H29N3O3S. The van der Waals surface area contributed by atoms with Crippen molar-refractivity contribution in [3.8, 4) is 0 Å². The van der Waals surface area contributed by atoms with Gasteiger partial charge in [-0.15, -0.1) is 0 Å². The SMILES string of the molecule is CCN(CCC(=O)N1CCNCC1)S(=O)(=O)c1cc(C)c(C)cc1C. The molecule has 0 aromatic heterocycles. The van der Waals surface area contributed by atoms with Crippen LogP contribution < -0.4 is 5.32 Å². The zero-order valence-electron chi connectivity index (χ0n) is 15.6. The van der Waals surface area contributed by atoms with Crippen LogP contribution in [0.15, 0.2) is 17.0 Å². The summed E-state index contributed by atoms with van der Waals surface area (Å²) < 4.78 is 27.5. The summed E-state index contributed by atoms with van der Waals surface area (Å²) in [4.78, 5) is 14.5. The van der Waals surface area contributed by atoms with Crippen molar-refractivity contribution < 1.29 is 13.2 Å². The Balaban J connectivity index is 2.13. The molecular weight excluding hydrogens is 338 g/mol. The second-order valence-corrected chi connectivity index (χ2v) is 8.49. The van der Waals surface area contributed by atoms with Gasteiger partial charge in [0, 0.05) is 45.7 Å². The molecule has 0 radical (unpaired) electrons. The number of benzene rings is 1. The van der Waals surface area contributed by atoms with E-state index in [1.165, 1.54) is 4.31 Å². The molecule has 0 aliphatic carbocycles. The first-order valence-electron chi connectivity index (χ1n) is 8.84. The molecule has 1 saturated heterocycles. The van der Waals surface area contributed by atoms with Crippen molar-refractivity contribution in [2.24, 2.45) is 0 Å². The number of aryl methyl sites for hydroxylation is 3. The van der Waals surface area contributed by atoms with Gasteiger partial charge in [0.15, 0.2) is 0 Å². The summed E-state index contributed by atoms with van der Waals surface area (Å²) in [6.45, 7) is 11.1. The van der Waals surface area contributed by atoms with Crippen LogP contribution in [0.1, 0.15) is 30.0 Å². The molecule has 0 atom stereocenters. The monoisotopic (exact) mass is 367 g/mol. The quantitative estimate of drug-likeness (QED) is 0.826. The van der Waals surface area contributed by atoms with Crippen molar-refractivity contribution in [2.45, 2.75) is 39.0 Å². The normalized spacial score (nSPS) is 15.6. The smallest absolute Gasteiger partial charge is 0.243 e. The molecule has 1 heterocycles. The molecule has 0 bridgehead atoms. The molecule has 140 valence electrons. The van der Waals surface area contributed by atoms with Crippen LogP contribution in [0.2, 0.25) is 0 Å². The minimum Gasteiger partial charge on any atom is -0.340 e. The predicted octanol–water partition coefficient (Wildman–Crippen LogP) is 1.44. The van der Waals surface area contributed by atoms with E-state index in [9.17, 15) is 13.2 Å². The zero-order valence-corrected chi connectivity index (χ0v) is 16.4. The molecule has 1 aliphatic rings. The first kappa shape index (κ1) is 19.9. The number of amides is 1. The molecule has 2 rings (SSSR count). The third-order valence-corrected chi connectivity index (χ3v) is 6.92. The molecule has 1 aromatic rings. The minimum atomic E-state index is -3.60. The maximum absolute atomic E-state index is 13.0. The van der Waals surface area contributed by atoms with Crippen LogP contribution in [0.3, 0.4) is 0 Å². The van der Waals surface area contributed by atoms with Crippen LogP contribution in [0.25, 0.3) is 0 Å². The van der Waals surface area contributed by atoms with Gasteiger partial charge in [-0.3, -0.25) is 4.79 Å². The summed E-state index contributed by atoms with van der Waals surface area (Å²) in [7, 11) is -3.60. The van der Waals surface area contributed by atoms with Gasteiger partial charge >= 0.3 is 0 Å². The van der Waals surface area contributed by atoms with E-state index >= 15 is 0 Å². The van der Waals surface area contributed by atoms with Crippen molar-refractivity contribution in [1.82, 2.24) is 14.5 Å². The highest BCUT2D eigenvalue weighted by Crippen LogP contribution is 2.23. The third kappa shape index (κ3) is 4.59. The number of piperazine rings is 1. The molecule has 0 spiro atoms. The Hall–Kier alpha value is -1.44. The van der Waals surface area contributed by atoms with E-state index in [-0.39, 0.29) is 18.9 Å². The van der Waals surface area contributed by atoms with Crippen molar-refractivity contribution in [3.05, 3.63) is 28.8 Å². The summed E-state index contributed by atoms with van der Waals surface area (Å²) in [6, 6.07) is 3.64. The highest BCUT2D eigenvalue weighted by atomic mass is 32.2. The Kier molecular flexibility index (Phi) is 6.59. The van der Waals surface area contributed by atoms with Crippen LogP contribution >= 0.6 is 0 Å². The van der Waals surface area contributed by atoms with E-state index in [1.807, 2.05) is 33.8 Å². The molecule has 1 fully saturated rings. The molecule has 0 saturated carbocycles. The lowest BCUT2D eigenvalue weighted by Gasteiger charge is -2.28. The van der Waals surface area contributed by atoms with Gasteiger partial charge < -0.3 is 10.2 Å². The summed E-state index contributed by atoms with van der Waals surface area (Å²) in [6.07, 6.45) is 0.219. The minimum absolute atomic E-state index is 0.0203. The molecule has 1 aliphatic heterocycles. The first-order valence-corrected chi connectivity index (χ1v) is 10.3. The van der Waals surface area contributed by atoms with Gasteiger partial charge in [-0.25, -0.2) is 8.42 Å². The second kappa shape index (κ2) is 8.29. The first-order chi connectivity index (χ1) is 11.8. The Morgan fingerprint density at radius 2 is 1.72 bits per heavy atom. The van der Waals surface area contributed by atoms with Gasteiger partial charge in [-0.05, 0) is 43.5 Å². The number of rotatable bonds is 6. The van der Waals surface area contributed by atoms with Crippen molar-refractivity contribution in [1.29, 1.82) is 0 Å². The summed E-state index contributed by atoms with van der Waals surface area (Å²) >= 11 is 0. The van der Waals surface area contributed by atoms with Gasteiger partial charge in [0.05, 0.1) is 4.90 Å². The van der Waals surface area contributed by atoms with Crippen molar-refractivity contribution in [3.63, 3.8) is 0 Å². The van der Waals surface area contributed by atoms with E-state index in [2.05, 4.69) is 5.32 Å². The summed E-state index contributed by atoms with van der Waals surface area (Å²) in [5, 5.41) is 3.21. The molecule has 7 heteroatoms. The molecule has 1 amide bonds. The average Bonchev–Trinajstić information content (AvgIpc) is 2.58. The van der Waals surface area contributed by atoms with Gasteiger partial charge in [0.1, 0.15) is 0 Å². The van der Waals surface area contributed by atoms with Gasteiger partial charge in [-0.2, -0.15) is 4.31 Å². The van der Waals surface area contributed by atoms with E-state index in [1.54, 1.807) is 11.0 Å². The Morgan fingerprint density at radius 1 is 1.12 bits per heavy atom. The van der Waals surface area contributed by atoms with E-state index in [4.69, 9.17) is 0 Å². The fraction of sp³-hybridized carbons (Fsp3) is 0.611. The van der Waals surface area contributed by atoms with Crippen molar-refractivity contribution in [2.75, 3.05) is 39.3 Å². The lowest BCUT2D eigenvalue weighted by Crippen LogP contribution is -2.47. The Morgan fingerprint density at radius 3 is 2.32 bits per heavy atom. The predicted molar refractivity (Wildman–Crippen MR) is 99.2 cm³/mol. The number of hydrogen-bond donors (Lipinski definition) is 1. The maximum Gasteiger partial charge on any atom is 0.243 e. The Labute approximate surface area is 151 Å². The third-order valence-electron chi connectivity index (χ3n) is 4.81. The average molecular weight is 368 g/mol. The summed E-state index contributed by atoms with van der Waals surface area (Å²) in [5.41, 5.74) is 2.78. The van der Waals surface area contributed by atoms with Crippen molar-refractivity contribution >= 4 is 15.9 Å². The summed E-state index contributed by atoms with van der Waals surface area (Å²) in [5.74, 6) is 0.0203. The maximum atomic E-state index is 13.0. The number of carbonyl (C=O) groups excluding carboxylic acids is 1. The van der Waals surface area contributed by atoms with Crippen LogP contribution in [-0.2, 0) is 14.8 Å². The lowest BCUT2D eigenvalue weighted by atomic mass is 10.1. The van der Waals surface area contributed by atoms with E-state index in [0.29, 0.717) is 24.5 Å². The van der Waals surface area contributed by atoms with Crippen LogP contribution in [-0.4, -0.2) is 62.8 Å². The van der Waals surface area contributed by atoms with Gasteiger partial charge in [-0.1, -0.05) is 13.0 Å². The molecule has 1 aromatic carbocycles. The molecule has 6 nitrogen and oxygen atoms in total. The fourth-order valence-corrected chi connectivity index (χ4v) is 4.83. The number of sulfonamides is 1. The second-order valence-electron chi connectivity index (χ2n) is 6.58. The topological polar surface area (TPSA) is 69.7 Å². The Bertz CT molecular complexity index is 725. The number of nitrogens with one attached hydrogen (secondary N) is 1. The number of nitrogens with zero attached hydrogens (tertiary/aromatic N) is 2. The molecule has 0 unspecified atom stereocenters. The largest absolute Gasteiger partial charge is 0.340 e. The van der Waals surface area contributed by atoms with E-state index in [0.717, 1.165) is 29.8 Å². The lowest BCUT2D eigenvalue weighted by molar-refractivity contribution is -0.131. The number of hydrogen-bond acceptors (Lipinski definition) is 4. The van der Waals surface area contributed by atoms with Gasteiger partial charge in [0.25, 0.3) is 0 Å². The molecule has 1 N–H and O–H groups in total. The number of carbonyl (C=O) groups is 1. The van der Waals surface area contributed by atoms with Crippen LogP contribution in [0, 0.1) is 20.8 Å².